The molecule has 1 heterocycles. The van der Waals surface area contributed by atoms with Crippen LogP contribution < -0.4 is 5.32 Å². The highest BCUT2D eigenvalue weighted by Crippen LogP contribution is 2.31. The minimum absolute atomic E-state index is 0.245. The van der Waals surface area contributed by atoms with E-state index >= 15 is 0 Å². The molecule has 2 aromatic carbocycles. The molecule has 1 aliphatic rings. The van der Waals surface area contributed by atoms with Gasteiger partial charge in [0.1, 0.15) is 6.33 Å². The Morgan fingerprint density at radius 2 is 2.08 bits per heavy atom. The zero-order valence-electron chi connectivity index (χ0n) is 12.7. The smallest absolute Gasteiger partial charge is 0.251 e. The molecule has 1 amide bonds. The minimum Gasteiger partial charge on any atom is -0.390 e. The fourth-order valence-electron chi connectivity index (χ4n) is 3.04. The van der Waals surface area contributed by atoms with Crippen molar-refractivity contribution in [3.8, 4) is 5.69 Å². The molecular formula is C17H15N5O2. The lowest BCUT2D eigenvalue weighted by atomic mass is 10.1. The van der Waals surface area contributed by atoms with Crippen molar-refractivity contribution in [3.63, 3.8) is 0 Å². The van der Waals surface area contributed by atoms with Crippen LogP contribution in [0.25, 0.3) is 5.69 Å². The van der Waals surface area contributed by atoms with Gasteiger partial charge in [0.2, 0.25) is 0 Å². The van der Waals surface area contributed by atoms with Crippen molar-refractivity contribution >= 4 is 5.91 Å². The van der Waals surface area contributed by atoms with Crippen LogP contribution >= 0.6 is 0 Å². The second-order valence-corrected chi connectivity index (χ2v) is 5.73. The Hall–Kier alpha value is -3.06. The second-order valence-electron chi connectivity index (χ2n) is 5.73. The lowest BCUT2D eigenvalue weighted by molar-refractivity contribution is 0.0858. The van der Waals surface area contributed by atoms with E-state index in [-0.39, 0.29) is 5.91 Å². The van der Waals surface area contributed by atoms with Gasteiger partial charge >= 0.3 is 0 Å². The third-order valence-electron chi connectivity index (χ3n) is 4.21. The van der Waals surface area contributed by atoms with E-state index in [0.717, 1.165) is 11.1 Å². The molecule has 0 fully saturated rings. The molecule has 4 rings (SSSR count). The van der Waals surface area contributed by atoms with Crippen LogP contribution in [0.4, 0.5) is 0 Å². The Kier molecular flexibility index (Phi) is 3.55. The van der Waals surface area contributed by atoms with E-state index in [2.05, 4.69) is 20.8 Å². The summed E-state index contributed by atoms with van der Waals surface area (Å²) in [5, 5.41) is 24.2. The van der Waals surface area contributed by atoms with Crippen LogP contribution in [0.15, 0.2) is 54.9 Å². The first-order valence-electron chi connectivity index (χ1n) is 7.62. The number of hydrogen-bond acceptors (Lipinski definition) is 5. The van der Waals surface area contributed by atoms with Crippen molar-refractivity contribution in [3.05, 3.63) is 71.5 Å². The van der Waals surface area contributed by atoms with Gasteiger partial charge in [0, 0.05) is 12.0 Å². The molecule has 120 valence electrons. The molecule has 7 heteroatoms. The lowest BCUT2D eigenvalue weighted by Crippen LogP contribution is -2.33. The molecule has 0 bridgehead atoms. The number of aliphatic hydroxyl groups is 1. The normalized spacial score (nSPS) is 19.0. The summed E-state index contributed by atoms with van der Waals surface area (Å²) >= 11 is 0. The van der Waals surface area contributed by atoms with Gasteiger partial charge in [-0.2, -0.15) is 0 Å². The number of carbonyl (C=O) groups excluding carboxylic acids is 1. The predicted octanol–water partition coefficient (Wildman–Crippen LogP) is 1.05. The van der Waals surface area contributed by atoms with Crippen molar-refractivity contribution in [1.82, 2.24) is 25.5 Å². The highest BCUT2D eigenvalue weighted by molar-refractivity contribution is 5.95. The number of rotatable bonds is 3. The molecule has 3 aromatic rings. The standard InChI is InChI=1S/C17H15N5O2/c23-15-9-11-4-1-2-7-14(11)16(15)19-17(24)12-5-3-6-13(8-12)22-10-18-20-21-22/h1-8,10,15-16,23H,9H2,(H,19,24)/t15-,16+/m1/s1. The quantitative estimate of drug-likeness (QED) is 0.752. The highest BCUT2D eigenvalue weighted by atomic mass is 16.3. The number of nitrogens with one attached hydrogen (secondary N) is 1. The summed E-state index contributed by atoms with van der Waals surface area (Å²) in [4.78, 5) is 12.6. The van der Waals surface area contributed by atoms with Gasteiger partial charge in [-0.25, -0.2) is 4.68 Å². The maximum absolute atomic E-state index is 12.6. The third-order valence-corrected chi connectivity index (χ3v) is 4.21. The van der Waals surface area contributed by atoms with E-state index in [1.165, 1.54) is 11.0 Å². The Bertz CT molecular complexity index is 878. The van der Waals surface area contributed by atoms with Gasteiger partial charge in [-0.1, -0.05) is 30.3 Å². The second kappa shape index (κ2) is 5.86. The minimum atomic E-state index is -0.617. The molecule has 0 saturated heterocycles. The SMILES string of the molecule is O=C(N[C@H]1c2ccccc2C[C@H]1O)c1cccc(-n2cnnn2)c1. The van der Waals surface area contributed by atoms with Crippen molar-refractivity contribution < 1.29 is 9.90 Å². The molecule has 0 aliphatic heterocycles. The summed E-state index contributed by atoms with van der Waals surface area (Å²) in [6, 6.07) is 14.4. The highest BCUT2D eigenvalue weighted by Gasteiger charge is 2.32. The van der Waals surface area contributed by atoms with Crippen LogP contribution in [-0.2, 0) is 6.42 Å². The van der Waals surface area contributed by atoms with Crippen molar-refractivity contribution in [1.29, 1.82) is 0 Å². The predicted molar refractivity (Wildman–Crippen MR) is 85.5 cm³/mol. The number of amides is 1. The van der Waals surface area contributed by atoms with E-state index in [1.54, 1.807) is 18.2 Å². The van der Waals surface area contributed by atoms with Crippen molar-refractivity contribution in [2.45, 2.75) is 18.6 Å². The molecule has 1 aliphatic carbocycles. The van der Waals surface area contributed by atoms with Gasteiger partial charge in [-0.05, 0) is 39.8 Å². The van der Waals surface area contributed by atoms with Gasteiger partial charge in [0.15, 0.2) is 0 Å². The Morgan fingerprint density at radius 1 is 1.21 bits per heavy atom. The average molecular weight is 321 g/mol. The van der Waals surface area contributed by atoms with Crippen LogP contribution in [0.5, 0.6) is 0 Å². The van der Waals surface area contributed by atoms with Gasteiger partial charge < -0.3 is 10.4 Å². The van der Waals surface area contributed by atoms with E-state index in [0.29, 0.717) is 17.7 Å². The van der Waals surface area contributed by atoms with Crippen LogP contribution in [-0.4, -0.2) is 37.3 Å². The molecule has 24 heavy (non-hydrogen) atoms. The van der Waals surface area contributed by atoms with Gasteiger partial charge in [0.25, 0.3) is 5.91 Å². The third kappa shape index (κ3) is 2.55. The number of tetrazole rings is 1. The zero-order chi connectivity index (χ0) is 16.5. The fraction of sp³-hybridized carbons (Fsp3) is 0.176. The molecule has 0 radical (unpaired) electrons. The number of nitrogens with zero attached hydrogens (tertiary/aromatic N) is 4. The monoisotopic (exact) mass is 321 g/mol. The number of aliphatic hydroxyl groups excluding tert-OH is 1. The Morgan fingerprint density at radius 3 is 2.92 bits per heavy atom. The molecular weight excluding hydrogens is 306 g/mol. The maximum Gasteiger partial charge on any atom is 0.251 e. The first-order chi connectivity index (χ1) is 11.7. The van der Waals surface area contributed by atoms with Crippen LogP contribution in [0.1, 0.15) is 27.5 Å². The number of carbonyl (C=O) groups is 1. The van der Waals surface area contributed by atoms with Gasteiger partial charge in [-0.15, -0.1) is 5.10 Å². The summed E-state index contributed by atoms with van der Waals surface area (Å²) in [7, 11) is 0. The van der Waals surface area contributed by atoms with Crippen molar-refractivity contribution in [2.75, 3.05) is 0 Å². The van der Waals surface area contributed by atoms with Crippen LogP contribution in [0.2, 0.25) is 0 Å². The van der Waals surface area contributed by atoms with Crippen LogP contribution in [0.3, 0.4) is 0 Å². The van der Waals surface area contributed by atoms with Crippen molar-refractivity contribution in [2.24, 2.45) is 0 Å². The largest absolute Gasteiger partial charge is 0.390 e. The molecule has 7 nitrogen and oxygen atoms in total. The Balaban J connectivity index is 1.58. The van der Waals surface area contributed by atoms with E-state index in [1.807, 2.05) is 30.3 Å². The number of fused-ring (bicyclic) bond motifs is 1. The summed E-state index contributed by atoms with van der Waals surface area (Å²) in [5.74, 6) is -0.245. The topological polar surface area (TPSA) is 92.9 Å². The Labute approximate surface area is 137 Å². The first-order valence-corrected chi connectivity index (χ1v) is 7.62. The maximum atomic E-state index is 12.6. The fourth-order valence-corrected chi connectivity index (χ4v) is 3.04. The molecule has 2 atom stereocenters. The molecule has 2 N–H and O–H groups in total. The summed E-state index contributed by atoms with van der Waals surface area (Å²) in [6.45, 7) is 0. The number of aromatic nitrogens is 4. The molecule has 1 aromatic heterocycles. The average Bonchev–Trinajstić information content (AvgIpc) is 3.24. The molecule has 0 unspecified atom stereocenters. The van der Waals surface area contributed by atoms with E-state index < -0.39 is 12.1 Å². The lowest BCUT2D eigenvalue weighted by Gasteiger charge is -2.18. The molecule has 0 saturated carbocycles. The van der Waals surface area contributed by atoms with E-state index in [4.69, 9.17) is 0 Å². The zero-order valence-corrected chi connectivity index (χ0v) is 12.7. The van der Waals surface area contributed by atoms with Gasteiger partial charge in [-0.3, -0.25) is 4.79 Å². The summed E-state index contributed by atoms with van der Waals surface area (Å²) in [5.41, 5.74) is 3.22. The molecule has 0 spiro atoms. The summed E-state index contributed by atoms with van der Waals surface area (Å²) < 4.78 is 1.48. The van der Waals surface area contributed by atoms with Gasteiger partial charge in [0.05, 0.1) is 17.8 Å². The summed E-state index contributed by atoms with van der Waals surface area (Å²) in [6.07, 6.45) is 1.40. The van der Waals surface area contributed by atoms with Crippen LogP contribution in [0, 0.1) is 0 Å². The number of hydrogen-bond donors (Lipinski definition) is 2. The number of benzene rings is 2. The first kappa shape index (κ1) is 14.5. The van der Waals surface area contributed by atoms with E-state index in [9.17, 15) is 9.90 Å².